The molecule has 0 spiro atoms. The molecule has 116 valence electrons. The quantitative estimate of drug-likeness (QED) is 0.807. The van der Waals surface area contributed by atoms with Crippen molar-refractivity contribution in [1.82, 2.24) is 15.0 Å². The van der Waals surface area contributed by atoms with Gasteiger partial charge in [-0.2, -0.15) is 9.97 Å². The van der Waals surface area contributed by atoms with Crippen LogP contribution in [-0.2, 0) is 4.74 Å². The Bertz CT molecular complexity index is 646. The Morgan fingerprint density at radius 3 is 2.36 bits per heavy atom. The van der Waals surface area contributed by atoms with Gasteiger partial charge in [-0.25, -0.2) is 4.79 Å². The van der Waals surface area contributed by atoms with Crippen LogP contribution >= 0.6 is 0 Å². The number of methoxy groups -OCH3 is 2. The smallest absolute Gasteiger partial charge is 0.337 e. The van der Waals surface area contributed by atoms with E-state index >= 15 is 0 Å². The van der Waals surface area contributed by atoms with E-state index in [1.54, 1.807) is 24.3 Å². The van der Waals surface area contributed by atoms with Crippen LogP contribution < -0.4 is 14.8 Å². The van der Waals surface area contributed by atoms with Crippen molar-refractivity contribution >= 4 is 17.6 Å². The number of carbonyl (C=O) groups excluding carboxylic acids is 1. The molecule has 1 N–H and O–H groups in total. The van der Waals surface area contributed by atoms with Crippen LogP contribution in [0, 0.1) is 0 Å². The molecule has 0 bridgehead atoms. The maximum Gasteiger partial charge on any atom is 0.337 e. The molecular weight excluding hydrogens is 288 g/mol. The third-order valence-electron chi connectivity index (χ3n) is 2.61. The fourth-order valence-corrected chi connectivity index (χ4v) is 1.62. The molecule has 0 amide bonds. The normalized spacial score (nSPS) is 9.95. The Balaban J connectivity index is 2.19. The molecule has 8 heteroatoms. The molecule has 0 fully saturated rings. The van der Waals surface area contributed by atoms with Crippen molar-refractivity contribution in [1.29, 1.82) is 0 Å². The van der Waals surface area contributed by atoms with Crippen molar-refractivity contribution in [2.24, 2.45) is 0 Å². The second kappa shape index (κ2) is 7.21. The van der Waals surface area contributed by atoms with Crippen LogP contribution in [0.3, 0.4) is 0 Å². The number of ether oxygens (including phenoxy) is 3. The van der Waals surface area contributed by atoms with E-state index in [2.05, 4.69) is 25.0 Å². The van der Waals surface area contributed by atoms with Gasteiger partial charge in [-0.1, -0.05) is 0 Å². The zero-order valence-electron chi connectivity index (χ0n) is 12.5. The van der Waals surface area contributed by atoms with Crippen molar-refractivity contribution in [3.05, 3.63) is 29.8 Å². The van der Waals surface area contributed by atoms with Crippen LogP contribution in [0.15, 0.2) is 24.3 Å². The largest absolute Gasteiger partial charge is 0.467 e. The van der Waals surface area contributed by atoms with Crippen molar-refractivity contribution in [3.63, 3.8) is 0 Å². The van der Waals surface area contributed by atoms with Gasteiger partial charge in [0.25, 0.3) is 0 Å². The summed E-state index contributed by atoms with van der Waals surface area (Å²) in [6.07, 6.45) is 0. The van der Waals surface area contributed by atoms with Gasteiger partial charge in [-0.15, -0.1) is 4.98 Å². The fraction of sp³-hybridized carbons (Fsp3) is 0.286. The van der Waals surface area contributed by atoms with E-state index in [0.29, 0.717) is 17.9 Å². The summed E-state index contributed by atoms with van der Waals surface area (Å²) in [5.74, 6) is -0.117. The van der Waals surface area contributed by atoms with Crippen molar-refractivity contribution in [3.8, 4) is 12.0 Å². The molecule has 2 aromatic rings. The lowest BCUT2D eigenvalue weighted by Gasteiger charge is -2.08. The molecule has 22 heavy (non-hydrogen) atoms. The van der Waals surface area contributed by atoms with Gasteiger partial charge in [0, 0.05) is 5.69 Å². The molecule has 0 aliphatic rings. The summed E-state index contributed by atoms with van der Waals surface area (Å²) >= 11 is 0. The number of nitrogens with one attached hydrogen (secondary N) is 1. The number of esters is 1. The number of carbonyl (C=O) groups is 1. The molecule has 0 saturated carbocycles. The van der Waals surface area contributed by atoms with E-state index in [1.807, 2.05) is 6.92 Å². The highest BCUT2D eigenvalue weighted by molar-refractivity contribution is 5.89. The van der Waals surface area contributed by atoms with Gasteiger partial charge < -0.3 is 19.5 Å². The van der Waals surface area contributed by atoms with Gasteiger partial charge in [0.2, 0.25) is 5.95 Å². The number of rotatable bonds is 6. The van der Waals surface area contributed by atoms with Crippen LogP contribution in [0.1, 0.15) is 17.3 Å². The van der Waals surface area contributed by atoms with E-state index in [0.717, 1.165) is 0 Å². The van der Waals surface area contributed by atoms with Crippen molar-refractivity contribution < 1.29 is 19.0 Å². The summed E-state index contributed by atoms with van der Waals surface area (Å²) in [7, 11) is 2.79. The van der Waals surface area contributed by atoms with E-state index in [1.165, 1.54) is 14.2 Å². The van der Waals surface area contributed by atoms with Crippen LogP contribution in [-0.4, -0.2) is 41.7 Å². The summed E-state index contributed by atoms with van der Waals surface area (Å²) in [6.45, 7) is 2.26. The van der Waals surface area contributed by atoms with Gasteiger partial charge in [0.1, 0.15) is 0 Å². The Labute approximate surface area is 127 Å². The number of hydrogen-bond acceptors (Lipinski definition) is 8. The second-order valence-corrected chi connectivity index (χ2v) is 4.06. The van der Waals surface area contributed by atoms with Gasteiger partial charge >= 0.3 is 18.0 Å². The van der Waals surface area contributed by atoms with Crippen LogP contribution in [0.2, 0.25) is 0 Å². The van der Waals surface area contributed by atoms with Gasteiger partial charge in [-0.05, 0) is 31.2 Å². The van der Waals surface area contributed by atoms with Crippen LogP contribution in [0.25, 0.3) is 0 Å². The second-order valence-electron chi connectivity index (χ2n) is 4.06. The van der Waals surface area contributed by atoms with Gasteiger partial charge in [-0.3, -0.25) is 0 Å². The summed E-state index contributed by atoms with van der Waals surface area (Å²) in [6, 6.07) is 7.01. The third-order valence-corrected chi connectivity index (χ3v) is 2.61. The first kappa shape index (κ1) is 15.5. The minimum Gasteiger partial charge on any atom is -0.467 e. The average Bonchev–Trinajstić information content (AvgIpc) is 2.55. The topological polar surface area (TPSA) is 95.5 Å². The number of benzene rings is 1. The standard InChI is InChI=1S/C14H16N4O4/c1-4-22-14-17-12(16-13(18-14)21-3)15-10-7-5-9(6-8-10)11(19)20-2/h5-8H,4H2,1-3H3,(H,15,16,17,18). The van der Waals surface area contributed by atoms with Crippen molar-refractivity contribution in [2.45, 2.75) is 6.92 Å². The van der Waals surface area contributed by atoms with Gasteiger partial charge in [0.15, 0.2) is 0 Å². The molecule has 0 unspecified atom stereocenters. The van der Waals surface area contributed by atoms with E-state index in [4.69, 9.17) is 9.47 Å². The third kappa shape index (κ3) is 3.81. The highest BCUT2D eigenvalue weighted by atomic mass is 16.5. The number of hydrogen-bond donors (Lipinski definition) is 1. The molecule has 0 aliphatic heterocycles. The van der Waals surface area contributed by atoms with Gasteiger partial charge in [0.05, 0.1) is 26.4 Å². The first-order valence-electron chi connectivity index (χ1n) is 6.54. The lowest BCUT2D eigenvalue weighted by atomic mass is 10.2. The number of aromatic nitrogens is 3. The lowest BCUT2D eigenvalue weighted by Crippen LogP contribution is -2.06. The predicted molar refractivity (Wildman–Crippen MR) is 78.6 cm³/mol. The Kier molecular flexibility index (Phi) is 5.07. The monoisotopic (exact) mass is 304 g/mol. The zero-order chi connectivity index (χ0) is 15.9. The molecule has 1 aromatic heterocycles. The summed E-state index contributed by atoms with van der Waals surface area (Å²) in [5, 5.41) is 2.99. The van der Waals surface area contributed by atoms with Crippen LogP contribution in [0.4, 0.5) is 11.6 Å². The highest BCUT2D eigenvalue weighted by Crippen LogP contribution is 2.18. The van der Waals surface area contributed by atoms with E-state index in [9.17, 15) is 4.79 Å². The Hall–Kier alpha value is -2.90. The minimum atomic E-state index is -0.396. The summed E-state index contributed by atoms with van der Waals surface area (Å²) in [5.41, 5.74) is 1.15. The SMILES string of the molecule is CCOc1nc(Nc2ccc(C(=O)OC)cc2)nc(OC)n1. The molecule has 0 radical (unpaired) electrons. The number of nitrogens with zero attached hydrogens (tertiary/aromatic N) is 3. The maximum atomic E-state index is 11.4. The molecule has 1 aromatic carbocycles. The minimum absolute atomic E-state index is 0.145. The maximum absolute atomic E-state index is 11.4. The fourth-order valence-electron chi connectivity index (χ4n) is 1.62. The van der Waals surface area contributed by atoms with Crippen LogP contribution in [0.5, 0.6) is 12.0 Å². The van der Waals surface area contributed by atoms with E-state index < -0.39 is 5.97 Å². The molecule has 2 rings (SSSR count). The molecule has 8 nitrogen and oxygen atoms in total. The molecular formula is C14H16N4O4. The number of anilines is 2. The molecule has 1 heterocycles. The van der Waals surface area contributed by atoms with E-state index in [-0.39, 0.29) is 18.0 Å². The summed E-state index contributed by atoms with van der Waals surface area (Å²) in [4.78, 5) is 23.5. The molecule has 0 aliphatic carbocycles. The lowest BCUT2D eigenvalue weighted by molar-refractivity contribution is 0.0601. The summed E-state index contributed by atoms with van der Waals surface area (Å²) < 4.78 is 14.9. The Morgan fingerprint density at radius 1 is 1.09 bits per heavy atom. The predicted octanol–water partition coefficient (Wildman–Crippen LogP) is 1.81. The molecule has 0 saturated heterocycles. The zero-order valence-corrected chi connectivity index (χ0v) is 12.5. The molecule has 0 atom stereocenters. The first-order valence-corrected chi connectivity index (χ1v) is 6.54. The average molecular weight is 304 g/mol. The van der Waals surface area contributed by atoms with Crippen molar-refractivity contribution in [2.75, 3.05) is 26.1 Å². The first-order chi connectivity index (χ1) is 10.7. The Morgan fingerprint density at radius 2 is 1.77 bits per heavy atom. The highest BCUT2D eigenvalue weighted by Gasteiger charge is 2.09.